The van der Waals surface area contributed by atoms with Gasteiger partial charge in [-0.05, 0) is 17.7 Å². The van der Waals surface area contributed by atoms with E-state index in [4.69, 9.17) is 5.11 Å². The summed E-state index contributed by atoms with van der Waals surface area (Å²) in [6.07, 6.45) is 3.05. The highest BCUT2D eigenvalue weighted by molar-refractivity contribution is 6.31. The summed E-state index contributed by atoms with van der Waals surface area (Å²) in [5.41, 5.74) is 0.880. The number of hydrogen-bond acceptors (Lipinski definition) is 3. The van der Waals surface area contributed by atoms with Crippen LogP contribution in [-0.2, 0) is 16.1 Å². The van der Waals surface area contributed by atoms with Crippen molar-refractivity contribution in [1.29, 1.82) is 0 Å². The highest BCUT2D eigenvalue weighted by Gasteiger charge is 2.23. The average molecular weight is 250 g/mol. The number of hydrogen-bond donors (Lipinski definition) is 1. The van der Waals surface area contributed by atoms with E-state index in [0.717, 1.165) is 10.5 Å². The lowest BCUT2D eigenvalue weighted by atomic mass is 10.2. The second-order valence-electron chi connectivity index (χ2n) is 3.89. The molecule has 1 heterocycles. The molecule has 0 atom stereocenters. The van der Waals surface area contributed by atoms with E-state index < -0.39 is 11.9 Å². The second kappa shape index (κ2) is 4.87. The van der Waals surface area contributed by atoms with Gasteiger partial charge in [0.05, 0.1) is 6.67 Å². The molecule has 5 nitrogen and oxygen atoms in total. The summed E-state index contributed by atoms with van der Waals surface area (Å²) < 4.78 is 12.7. The summed E-state index contributed by atoms with van der Waals surface area (Å²) >= 11 is 0. The van der Waals surface area contributed by atoms with Crippen LogP contribution in [0.1, 0.15) is 5.56 Å². The van der Waals surface area contributed by atoms with Crippen LogP contribution >= 0.6 is 0 Å². The Bertz CT molecular complexity index is 499. The van der Waals surface area contributed by atoms with E-state index >= 15 is 0 Å². The molecule has 0 radical (unpaired) electrons. The van der Waals surface area contributed by atoms with E-state index in [1.54, 1.807) is 23.2 Å². The second-order valence-corrected chi connectivity index (χ2v) is 3.89. The van der Waals surface area contributed by atoms with Gasteiger partial charge < -0.3 is 10.0 Å². The summed E-state index contributed by atoms with van der Waals surface area (Å²) in [5, 5.41) is 8.56. The molecule has 0 aromatic heterocycles. The minimum Gasteiger partial charge on any atom is -0.474 e. The van der Waals surface area contributed by atoms with Crippen LogP contribution in [0, 0.1) is 5.82 Å². The third-order valence-corrected chi connectivity index (χ3v) is 2.53. The fourth-order valence-corrected chi connectivity index (χ4v) is 1.65. The molecule has 0 saturated carbocycles. The molecule has 6 heteroatoms. The molecule has 0 unspecified atom stereocenters. The van der Waals surface area contributed by atoms with Crippen LogP contribution in [0.3, 0.4) is 0 Å². The molecule has 1 aromatic carbocycles. The summed E-state index contributed by atoms with van der Waals surface area (Å²) in [6.45, 7) is 0.669. The van der Waals surface area contributed by atoms with Crippen molar-refractivity contribution >= 4 is 11.9 Å². The molecule has 18 heavy (non-hydrogen) atoms. The normalized spacial score (nSPS) is 14.1. The zero-order valence-corrected chi connectivity index (χ0v) is 9.41. The molecule has 1 amide bonds. The molecule has 0 saturated heterocycles. The van der Waals surface area contributed by atoms with Gasteiger partial charge in [0.1, 0.15) is 5.82 Å². The van der Waals surface area contributed by atoms with Gasteiger partial charge in [-0.1, -0.05) is 12.1 Å². The summed E-state index contributed by atoms with van der Waals surface area (Å²) in [7, 11) is 0. The summed E-state index contributed by atoms with van der Waals surface area (Å²) in [5.74, 6) is -2.76. The standard InChI is InChI=1S/C12H11FN2O3/c13-10-3-1-9(2-4-10)7-14-5-6-15(8-14)11(16)12(17)18/h1-6H,7-8H2,(H,17,18). The molecule has 1 aromatic rings. The molecule has 1 aliphatic rings. The van der Waals surface area contributed by atoms with Gasteiger partial charge in [0.25, 0.3) is 0 Å². The molecule has 1 N–H and O–H groups in total. The van der Waals surface area contributed by atoms with E-state index in [2.05, 4.69) is 0 Å². The van der Waals surface area contributed by atoms with Crippen molar-refractivity contribution in [1.82, 2.24) is 9.80 Å². The molecule has 0 fully saturated rings. The minimum absolute atomic E-state index is 0.183. The number of carbonyl (C=O) groups excluding carboxylic acids is 1. The fraction of sp³-hybridized carbons (Fsp3) is 0.167. The number of carbonyl (C=O) groups is 2. The zero-order chi connectivity index (χ0) is 13.1. The Morgan fingerprint density at radius 2 is 1.89 bits per heavy atom. The van der Waals surface area contributed by atoms with Crippen LogP contribution < -0.4 is 0 Å². The Morgan fingerprint density at radius 3 is 2.50 bits per heavy atom. The van der Waals surface area contributed by atoms with Crippen LogP contribution in [0.25, 0.3) is 0 Å². The number of carboxylic acid groups (broad SMARTS) is 1. The monoisotopic (exact) mass is 250 g/mol. The quantitative estimate of drug-likeness (QED) is 0.795. The number of amides is 1. The predicted octanol–water partition coefficient (Wildman–Crippen LogP) is 0.983. The Hall–Kier alpha value is -2.37. The van der Waals surface area contributed by atoms with Crippen molar-refractivity contribution in [3.05, 3.63) is 48.0 Å². The molecule has 2 rings (SSSR count). The van der Waals surface area contributed by atoms with Crippen LogP contribution in [0.15, 0.2) is 36.7 Å². The number of rotatable bonds is 2. The zero-order valence-electron chi connectivity index (χ0n) is 9.41. The van der Waals surface area contributed by atoms with Crippen molar-refractivity contribution in [3.63, 3.8) is 0 Å². The molecule has 1 aliphatic heterocycles. The number of aliphatic carboxylic acids is 1. The van der Waals surface area contributed by atoms with Crippen LogP contribution in [0.2, 0.25) is 0 Å². The van der Waals surface area contributed by atoms with Gasteiger partial charge >= 0.3 is 11.9 Å². The number of carboxylic acids is 1. The summed E-state index contributed by atoms with van der Waals surface area (Å²) in [6, 6.07) is 6.00. The van der Waals surface area contributed by atoms with Crippen molar-refractivity contribution in [2.45, 2.75) is 6.54 Å². The smallest absolute Gasteiger partial charge is 0.395 e. The maximum absolute atomic E-state index is 12.7. The van der Waals surface area contributed by atoms with Crippen molar-refractivity contribution < 1.29 is 19.1 Å². The molecule has 0 spiro atoms. The number of nitrogens with zero attached hydrogens (tertiary/aromatic N) is 2. The fourth-order valence-electron chi connectivity index (χ4n) is 1.65. The van der Waals surface area contributed by atoms with Crippen LogP contribution in [0.5, 0.6) is 0 Å². The van der Waals surface area contributed by atoms with Crippen LogP contribution in [0.4, 0.5) is 4.39 Å². The Morgan fingerprint density at radius 1 is 1.22 bits per heavy atom. The van der Waals surface area contributed by atoms with E-state index in [1.165, 1.54) is 18.3 Å². The van der Waals surface area contributed by atoms with Gasteiger partial charge in [-0.2, -0.15) is 0 Å². The van der Waals surface area contributed by atoms with E-state index in [-0.39, 0.29) is 12.5 Å². The van der Waals surface area contributed by atoms with Gasteiger partial charge in [0.15, 0.2) is 0 Å². The third kappa shape index (κ3) is 2.65. The van der Waals surface area contributed by atoms with Crippen molar-refractivity contribution in [3.8, 4) is 0 Å². The van der Waals surface area contributed by atoms with E-state index in [9.17, 15) is 14.0 Å². The highest BCUT2D eigenvalue weighted by Crippen LogP contribution is 2.12. The maximum Gasteiger partial charge on any atom is 0.395 e. The van der Waals surface area contributed by atoms with Crippen molar-refractivity contribution in [2.24, 2.45) is 0 Å². The minimum atomic E-state index is -1.48. The lowest BCUT2D eigenvalue weighted by Crippen LogP contribution is -2.34. The Balaban J connectivity index is 1.94. The third-order valence-electron chi connectivity index (χ3n) is 2.53. The first-order valence-electron chi connectivity index (χ1n) is 5.27. The number of benzene rings is 1. The highest BCUT2D eigenvalue weighted by atomic mass is 19.1. The largest absolute Gasteiger partial charge is 0.474 e. The van der Waals surface area contributed by atoms with Gasteiger partial charge in [-0.25, -0.2) is 9.18 Å². The Kier molecular flexibility index (Phi) is 3.27. The lowest BCUT2D eigenvalue weighted by Gasteiger charge is -2.18. The van der Waals surface area contributed by atoms with E-state index in [1.807, 2.05) is 0 Å². The lowest BCUT2D eigenvalue weighted by molar-refractivity contribution is -0.154. The molecular weight excluding hydrogens is 239 g/mol. The Labute approximate surface area is 103 Å². The van der Waals surface area contributed by atoms with Gasteiger partial charge in [-0.15, -0.1) is 0 Å². The summed E-state index contributed by atoms with van der Waals surface area (Å²) in [4.78, 5) is 24.6. The maximum atomic E-state index is 12.7. The predicted molar refractivity (Wildman–Crippen MR) is 60.4 cm³/mol. The topological polar surface area (TPSA) is 60.9 Å². The average Bonchev–Trinajstić information content (AvgIpc) is 2.79. The van der Waals surface area contributed by atoms with Crippen molar-refractivity contribution in [2.75, 3.05) is 6.67 Å². The molecule has 0 bridgehead atoms. The van der Waals surface area contributed by atoms with Gasteiger partial charge in [0.2, 0.25) is 0 Å². The van der Waals surface area contributed by atoms with Gasteiger partial charge in [0, 0.05) is 18.9 Å². The first-order chi connectivity index (χ1) is 8.56. The number of halogens is 1. The SMILES string of the molecule is O=C(O)C(=O)N1C=CN(Cc2ccc(F)cc2)C1. The molecule has 94 valence electrons. The van der Waals surface area contributed by atoms with Crippen LogP contribution in [-0.4, -0.2) is 33.5 Å². The first kappa shape index (κ1) is 12.1. The molecular formula is C12H11FN2O3. The van der Waals surface area contributed by atoms with Gasteiger partial charge in [-0.3, -0.25) is 9.69 Å². The van der Waals surface area contributed by atoms with E-state index in [0.29, 0.717) is 6.54 Å². The first-order valence-corrected chi connectivity index (χ1v) is 5.27. The molecule has 0 aliphatic carbocycles.